The van der Waals surface area contributed by atoms with Crippen molar-refractivity contribution in [2.45, 2.75) is 25.4 Å². The molecule has 1 aromatic carbocycles. The van der Waals surface area contributed by atoms with E-state index in [0.717, 1.165) is 5.56 Å². The SMILES string of the molecule is CNC(=O)[C@@]1(C)CN(C(=O)CCc2ccccc2)CCO1. The summed E-state index contributed by atoms with van der Waals surface area (Å²) in [5.74, 6) is -0.125. The molecule has 2 amide bonds. The van der Waals surface area contributed by atoms with Crippen LogP contribution in [-0.2, 0) is 20.7 Å². The molecule has 2 rings (SSSR count). The van der Waals surface area contributed by atoms with E-state index in [0.29, 0.717) is 32.5 Å². The average Bonchev–Trinajstić information content (AvgIpc) is 2.52. The van der Waals surface area contributed by atoms with Crippen LogP contribution < -0.4 is 5.32 Å². The lowest BCUT2D eigenvalue weighted by molar-refractivity contribution is -0.162. The second-order valence-electron chi connectivity index (χ2n) is 5.46. The van der Waals surface area contributed by atoms with Crippen molar-refractivity contribution in [1.29, 1.82) is 0 Å². The van der Waals surface area contributed by atoms with Crippen LogP contribution in [0, 0.1) is 0 Å². The molecule has 21 heavy (non-hydrogen) atoms. The van der Waals surface area contributed by atoms with Crippen LogP contribution in [-0.4, -0.2) is 49.1 Å². The van der Waals surface area contributed by atoms with Gasteiger partial charge in [0.05, 0.1) is 13.2 Å². The summed E-state index contributed by atoms with van der Waals surface area (Å²) >= 11 is 0. The summed E-state index contributed by atoms with van der Waals surface area (Å²) in [5, 5.41) is 2.59. The normalized spacial score (nSPS) is 21.9. The molecular formula is C16H22N2O3. The van der Waals surface area contributed by atoms with Crippen LogP contribution in [0.15, 0.2) is 30.3 Å². The monoisotopic (exact) mass is 290 g/mol. The topological polar surface area (TPSA) is 58.6 Å². The Hall–Kier alpha value is -1.88. The molecule has 5 heteroatoms. The second kappa shape index (κ2) is 6.72. The molecule has 0 aromatic heterocycles. The van der Waals surface area contributed by atoms with E-state index in [9.17, 15) is 9.59 Å². The molecule has 0 bridgehead atoms. The Balaban J connectivity index is 1.92. The Morgan fingerprint density at radius 2 is 2.05 bits per heavy atom. The number of benzene rings is 1. The number of rotatable bonds is 4. The number of aryl methyl sites for hydroxylation is 1. The first kappa shape index (κ1) is 15.5. The minimum atomic E-state index is -0.949. The van der Waals surface area contributed by atoms with Crippen LogP contribution in [0.5, 0.6) is 0 Å². The van der Waals surface area contributed by atoms with Crippen LogP contribution in [0.4, 0.5) is 0 Å². The molecule has 1 fully saturated rings. The predicted molar refractivity (Wildman–Crippen MR) is 79.8 cm³/mol. The van der Waals surface area contributed by atoms with E-state index in [1.54, 1.807) is 18.9 Å². The van der Waals surface area contributed by atoms with Gasteiger partial charge in [-0.1, -0.05) is 30.3 Å². The highest BCUT2D eigenvalue weighted by Crippen LogP contribution is 2.19. The lowest BCUT2D eigenvalue weighted by Crippen LogP contribution is -2.58. The number of carbonyl (C=O) groups excluding carboxylic acids is 2. The third-order valence-corrected chi connectivity index (χ3v) is 3.80. The van der Waals surface area contributed by atoms with Crippen molar-refractivity contribution in [1.82, 2.24) is 10.2 Å². The van der Waals surface area contributed by atoms with Crippen molar-refractivity contribution in [2.75, 3.05) is 26.7 Å². The number of carbonyl (C=O) groups is 2. The molecule has 1 aromatic rings. The maximum atomic E-state index is 12.3. The first-order valence-corrected chi connectivity index (χ1v) is 7.23. The molecule has 0 saturated carbocycles. The first-order chi connectivity index (χ1) is 10.0. The van der Waals surface area contributed by atoms with E-state index in [4.69, 9.17) is 4.74 Å². The summed E-state index contributed by atoms with van der Waals surface area (Å²) in [6.45, 7) is 2.96. The van der Waals surface area contributed by atoms with Crippen molar-refractivity contribution in [2.24, 2.45) is 0 Å². The van der Waals surface area contributed by atoms with Crippen LogP contribution in [0.25, 0.3) is 0 Å². The summed E-state index contributed by atoms with van der Waals surface area (Å²) < 4.78 is 5.56. The summed E-state index contributed by atoms with van der Waals surface area (Å²) in [4.78, 5) is 25.9. The van der Waals surface area contributed by atoms with Crippen molar-refractivity contribution in [3.05, 3.63) is 35.9 Å². The Bertz CT molecular complexity index is 504. The second-order valence-corrected chi connectivity index (χ2v) is 5.46. The van der Waals surface area contributed by atoms with Gasteiger partial charge >= 0.3 is 0 Å². The summed E-state index contributed by atoms with van der Waals surface area (Å²) in [6, 6.07) is 9.93. The quantitative estimate of drug-likeness (QED) is 0.899. The Kier molecular flexibility index (Phi) is 4.96. The zero-order valence-corrected chi connectivity index (χ0v) is 12.6. The van der Waals surface area contributed by atoms with E-state index >= 15 is 0 Å². The summed E-state index contributed by atoms with van der Waals surface area (Å²) in [6.07, 6.45) is 1.17. The van der Waals surface area contributed by atoms with E-state index in [-0.39, 0.29) is 11.8 Å². The fraction of sp³-hybridized carbons (Fsp3) is 0.500. The number of amides is 2. The lowest BCUT2D eigenvalue weighted by Gasteiger charge is -2.39. The van der Waals surface area contributed by atoms with Gasteiger partial charge in [-0.2, -0.15) is 0 Å². The van der Waals surface area contributed by atoms with Gasteiger partial charge < -0.3 is 15.0 Å². The molecule has 0 spiro atoms. The van der Waals surface area contributed by atoms with Gasteiger partial charge in [0.15, 0.2) is 5.60 Å². The van der Waals surface area contributed by atoms with E-state index in [2.05, 4.69) is 5.32 Å². The molecule has 1 N–H and O–H groups in total. The van der Waals surface area contributed by atoms with Gasteiger partial charge in [0.1, 0.15) is 0 Å². The standard InChI is InChI=1S/C16H22N2O3/c1-16(15(20)17-2)12-18(10-11-21-16)14(19)9-8-13-6-4-3-5-7-13/h3-7H,8-12H2,1-2H3,(H,17,20)/t16-/m1/s1. The predicted octanol–water partition coefficient (Wildman–Crippen LogP) is 0.983. The smallest absolute Gasteiger partial charge is 0.253 e. The minimum absolute atomic E-state index is 0.0669. The molecule has 1 aliphatic rings. The number of nitrogens with zero attached hydrogens (tertiary/aromatic N) is 1. The fourth-order valence-electron chi connectivity index (χ4n) is 2.54. The molecule has 0 aliphatic carbocycles. The molecule has 114 valence electrons. The Labute approximate surface area is 125 Å². The van der Waals surface area contributed by atoms with E-state index < -0.39 is 5.60 Å². The van der Waals surface area contributed by atoms with Crippen LogP contribution in [0.1, 0.15) is 18.9 Å². The molecule has 1 heterocycles. The van der Waals surface area contributed by atoms with Crippen LogP contribution in [0.2, 0.25) is 0 Å². The third kappa shape index (κ3) is 3.82. The van der Waals surface area contributed by atoms with E-state index in [1.165, 1.54) is 0 Å². The van der Waals surface area contributed by atoms with Gasteiger partial charge in [-0.15, -0.1) is 0 Å². The highest BCUT2D eigenvalue weighted by Gasteiger charge is 2.39. The zero-order chi connectivity index (χ0) is 15.3. The van der Waals surface area contributed by atoms with E-state index in [1.807, 2.05) is 30.3 Å². The number of morpholine rings is 1. The summed E-state index contributed by atoms with van der Waals surface area (Å²) in [7, 11) is 1.58. The molecule has 0 radical (unpaired) electrons. The molecule has 1 aliphatic heterocycles. The number of hydrogen-bond donors (Lipinski definition) is 1. The number of ether oxygens (including phenoxy) is 1. The van der Waals surface area contributed by atoms with Crippen molar-refractivity contribution < 1.29 is 14.3 Å². The fourth-order valence-corrected chi connectivity index (χ4v) is 2.54. The number of likely N-dealkylation sites (N-methyl/N-ethyl adjacent to an activating group) is 1. The molecule has 1 saturated heterocycles. The molecule has 5 nitrogen and oxygen atoms in total. The zero-order valence-electron chi connectivity index (χ0n) is 12.6. The first-order valence-electron chi connectivity index (χ1n) is 7.23. The lowest BCUT2D eigenvalue weighted by atomic mass is 10.0. The molecule has 0 unspecified atom stereocenters. The van der Waals surface area contributed by atoms with Gasteiger partial charge in [0.2, 0.25) is 5.91 Å². The van der Waals surface area contributed by atoms with Crippen LogP contribution in [0.3, 0.4) is 0 Å². The van der Waals surface area contributed by atoms with Crippen LogP contribution >= 0.6 is 0 Å². The highest BCUT2D eigenvalue weighted by atomic mass is 16.5. The maximum Gasteiger partial charge on any atom is 0.253 e. The Morgan fingerprint density at radius 3 is 2.71 bits per heavy atom. The van der Waals surface area contributed by atoms with Crippen molar-refractivity contribution in [3.8, 4) is 0 Å². The van der Waals surface area contributed by atoms with Gasteiger partial charge in [0.25, 0.3) is 5.91 Å². The Morgan fingerprint density at radius 1 is 1.33 bits per heavy atom. The van der Waals surface area contributed by atoms with Gasteiger partial charge in [0, 0.05) is 20.0 Å². The maximum absolute atomic E-state index is 12.3. The van der Waals surface area contributed by atoms with Crippen molar-refractivity contribution >= 4 is 11.8 Å². The summed E-state index contributed by atoms with van der Waals surface area (Å²) in [5.41, 5.74) is 0.197. The van der Waals surface area contributed by atoms with Crippen molar-refractivity contribution in [3.63, 3.8) is 0 Å². The molecule has 1 atom stereocenters. The minimum Gasteiger partial charge on any atom is -0.362 e. The largest absolute Gasteiger partial charge is 0.362 e. The number of hydrogen-bond acceptors (Lipinski definition) is 3. The molecular weight excluding hydrogens is 268 g/mol. The number of nitrogens with one attached hydrogen (secondary N) is 1. The average molecular weight is 290 g/mol. The van der Waals surface area contributed by atoms with Gasteiger partial charge in [-0.25, -0.2) is 0 Å². The van der Waals surface area contributed by atoms with Gasteiger partial charge in [-0.05, 0) is 18.9 Å². The van der Waals surface area contributed by atoms with Gasteiger partial charge in [-0.3, -0.25) is 9.59 Å². The third-order valence-electron chi connectivity index (χ3n) is 3.80. The highest BCUT2D eigenvalue weighted by molar-refractivity contribution is 5.86.